The minimum atomic E-state index is -0.192. The number of carbonyl (C=O) groups excluding carboxylic acids is 1. The highest BCUT2D eigenvalue weighted by Gasteiger charge is 2.29. The van der Waals surface area contributed by atoms with Crippen molar-refractivity contribution in [3.63, 3.8) is 0 Å². The molecule has 0 bridgehead atoms. The number of pyridine rings is 1. The molecule has 0 saturated carbocycles. The molecule has 0 aliphatic carbocycles. The number of ether oxygens (including phenoxy) is 1. The van der Waals surface area contributed by atoms with E-state index in [-0.39, 0.29) is 30.5 Å². The molecule has 2 aliphatic heterocycles. The molecule has 0 spiro atoms. The van der Waals surface area contributed by atoms with Gasteiger partial charge in [0, 0.05) is 26.7 Å². The second-order valence-corrected chi connectivity index (χ2v) is 6.04. The molecule has 2 atom stereocenters. The summed E-state index contributed by atoms with van der Waals surface area (Å²) in [6.45, 7) is 4.81. The van der Waals surface area contributed by atoms with Crippen molar-refractivity contribution >= 4 is 29.8 Å². The SMILES string of the molecule is CO[C@@H]1CN[C@@H](C(=O)Nc2ccc(N3CCCC3)nc2C)C1.Cl. The van der Waals surface area contributed by atoms with Gasteiger partial charge in [-0.25, -0.2) is 4.98 Å². The molecule has 1 aromatic heterocycles. The summed E-state index contributed by atoms with van der Waals surface area (Å²) in [6.07, 6.45) is 3.29. The van der Waals surface area contributed by atoms with E-state index in [2.05, 4.69) is 20.5 Å². The van der Waals surface area contributed by atoms with E-state index >= 15 is 0 Å². The molecular formula is C16H25ClN4O2. The summed E-state index contributed by atoms with van der Waals surface area (Å²) in [6, 6.07) is 3.76. The number of nitrogens with one attached hydrogen (secondary N) is 2. The minimum Gasteiger partial charge on any atom is -0.380 e. The van der Waals surface area contributed by atoms with E-state index in [9.17, 15) is 4.79 Å². The number of hydrogen-bond donors (Lipinski definition) is 2. The Hall–Kier alpha value is -1.37. The van der Waals surface area contributed by atoms with Crippen LogP contribution in [0.1, 0.15) is 25.0 Å². The number of amides is 1. The average molecular weight is 341 g/mol. The van der Waals surface area contributed by atoms with Crippen LogP contribution in [0.5, 0.6) is 0 Å². The fourth-order valence-corrected chi connectivity index (χ4v) is 3.10. The second-order valence-electron chi connectivity index (χ2n) is 6.04. The largest absolute Gasteiger partial charge is 0.380 e. The number of carbonyl (C=O) groups is 1. The lowest BCUT2D eigenvalue weighted by Crippen LogP contribution is -2.35. The van der Waals surface area contributed by atoms with Crippen LogP contribution in [-0.2, 0) is 9.53 Å². The Bertz CT molecular complexity index is 549. The summed E-state index contributed by atoms with van der Waals surface area (Å²) in [5, 5.41) is 6.16. The molecule has 3 rings (SSSR count). The normalized spacial score (nSPS) is 23.7. The summed E-state index contributed by atoms with van der Waals surface area (Å²) in [5.74, 6) is 0.991. The van der Waals surface area contributed by atoms with Gasteiger partial charge in [-0.15, -0.1) is 12.4 Å². The Balaban J connectivity index is 0.00000192. The van der Waals surface area contributed by atoms with Gasteiger partial charge in [-0.3, -0.25) is 4.79 Å². The van der Waals surface area contributed by atoms with Crippen LogP contribution in [-0.4, -0.2) is 49.8 Å². The summed E-state index contributed by atoms with van der Waals surface area (Å²) >= 11 is 0. The standard InChI is InChI=1S/C16H24N4O2.ClH/c1-11-13(5-6-15(18-11)20-7-3-4-8-20)19-16(21)14-9-12(22-2)10-17-14;/h5-6,12,14,17H,3-4,7-10H2,1-2H3,(H,19,21);1H/t12-,14+;/m0./s1. The smallest absolute Gasteiger partial charge is 0.241 e. The van der Waals surface area contributed by atoms with Crippen molar-refractivity contribution in [2.75, 3.05) is 37.0 Å². The maximum atomic E-state index is 12.3. The lowest BCUT2D eigenvalue weighted by molar-refractivity contribution is -0.118. The molecule has 2 N–H and O–H groups in total. The maximum absolute atomic E-state index is 12.3. The van der Waals surface area contributed by atoms with E-state index in [4.69, 9.17) is 4.74 Å². The Kier molecular flexibility index (Phi) is 6.21. The molecule has 1 amide bonds. The Morgan fingerprint density at radius 1 is 1.39 bits per heavy atom. The van der Waals surface area contributed by atoms with Crippen LogP contribution in [0, 0.1) is 6.92 Å². The third kappa shape index (κ3) is 4.13. The molecule has 3 heterocycles. The molecule has 2 fully saturated rings. The molecule has 1 aromatic rings. The predicted octanol–water partition coefficient (Wildman–Crippen LogP) is 1.73. The first kappa shape index (κ1) is 18.0. The summed E-state index contributed by atoms with van der Waals surface area (Å²) in [7, 11) is 1.68. The van der Waals surface area contributed by atoms with Gasteiger partial charge >= 0.3 is 0 Å². The topological polar surface area (TPSA) is 66.5 Å². The van der Waals surface area contributed by atoms with Crippen molar-refractivity contribution in [2.24, 2.45) is 0 Å². The lowest BCUT2D eigenvalue weighted by atomic mass is 10.2. The summed E-state index contributed by atoms with van der Waals surface area (Å²) < 4.78 is 5.28. The summed E-state index contributed by atoms with van der Waals surface area (Å²) in [5.41, 5.74) is 1.65. The monoisotopic (exact) mass is 340 g/mol. The highest BCUT2D eigenvalue weighted by molar-refractivity contribution is 5.95. The first-order chi connectivity index (χ1) is 10.7. The Labute approximate surface area is 143 Å². The Morgan fingerprint density at radius 2 is 2.13 bits per heavy atom. The molecule has 23 heavy (non-hydrogen) atoms. The van der Waals surface area contributed by atoms with Crippen LogP contribution < -0.4 is 15.5 Å². The zero-order valence-corrected chi connectivity index (χ0v) is 14.5. The van der Waals surface area contributed by atoms with Gasteiger partial charge in [-0.1, -0.05) is 0 Å². The number of rotatable bonds is 4. The van der Waals surface area contributed by atoms with Gasteiger partial charge in [0.2, 0.25) is 5.91 Å². The second kappa shape index (κ2) is 7.95. The molecule has 2 aliphatic rings. The van der Waals surface area contributed by atoms with Crippen LogP contribution in [0.15, 0.2) is 12.1 Å². The van der Waals surface area contributed by atoms with Gasteiger partial charge in [0.05, 0.1) is 23.5 Å². The average Bonchev–Trinajstić information content (AvgIpc) is 3.20. The van der Waals surface area contributed by atoms with Crippen LogP contribution in [0.3, 0.4) is 0 Å². The van der Waals surface area contributed by atoms with Crippen molar-refractivity contribution in [1.29, 1.82) is 0 Å². The first-order valence-corrected chi connectivity index (χ1v) is 7.97. The number of aryl methyl sites for hydroxylation is 1. The van der Waals surface area contributed by atoms with Crippen molar-refractivity contribution in [3.8, 4) is 0 Å². The number of halogens is 1. The maximum Gasteiger partial charge on any atom is 0.241 e. The summed E-state index contributed by atoms with van der Waals surface area (Å²) in [4.78, 5) is 19.2. The van der Waals surface area contributed by atoms with Crippen LogP contribution in [0.2, 0.25) is 0 Å². The lowest BCUT2D eigenvalue weighted by Gasteiger charge is -2.18. The van der Waals surface area contributed by atoms with Crippen LogP contribution in [0.25, 0.3) is 0 Å². The highest BCUT2D eigenvalue weighted by Crippen LogP contribution is 2.22. The van der Waals surface area contributed by atoms with Gasteiger partial charge in [-0.2, -0.15) is 0 Å². The minimum absolute atomic E-state index is 0. The predicted molar refractivity (Wildman–Crippen MR) is 93.5 cm³/mol. The zero-order chi connectivity index (χ0) is 15.5. The number of aromatic nitrogens is 1. The van der Waals surface area contributed by atoms with Crippen molar-refractivity contribution in [2.45, 2.75) is 38.3 Å². The zero-order valence-electron chi connectivity index (χ0n) is 13.7. The van der Waals surface area contributed by atoms with Crippen molar-refractivity contribution < 1.29 is 9.53 Å². The molecule has 0 aromatic carbocycles. The van der Waals surface area contributed by atoms with Crippen molar-refractivity contribution in [1.82, 2.24) is 10.3 Å². The van der Waals surface area contributed by atoms with Gasteiger partial charge in [0.15, 0.2) is 0 Å². The molecule has 0 radical (unpaired) electrons. The van der Waals surface area contributed by atoms with E-state index in [1.54, 1.807) is 7.11 Å². The van der Waals surface area contributed by atoms with E-state index < -0.39 is 0 Å². The van der Waals surface area contributed by atoms with E-state index in [1.807, 2.05) is 19.1 Å². The third-order valence-corrected chi connectivity index (χ3v) is 4.50. The molecule has 128 valence electrons. The van der Waals surface area contributed by atoms with Crippen LogP contribution in [0.4, 0.5) is 11.5 Å². The number of hydrogen-bond acceptors (Lipinski definition) is 5. The molecule has 2 saturated heterocycles. The highest BCUT2D eigenvalue weighted by atomic mass is 35.5. The van der Waals surface area contributed by atoms with Gasteiger partial charge in [-0.05, 0) is 38.3 Å². The van der Waals surface area contributed by atoms with Gasteiger partial charge in [0.1, 0.15) is 5.82 Å². The fourth-order valence-electron chi connectivity index (χ4n) is 3.10. The van der Waals surface area contributed by atoms with Crippen molar-refractivity contribution in [3.05, 3.63) is 17.8 Å². The van der Waals surface area contributed by atoms with E-state index in [1.165, 1.54) is 12.8 Å². The fraction of sp³-hybridized carbons (Fsp3) is 0.625. The number of anilines is 2. The van der Waals surface area contributed by atoms with Gasteiger partial charge in [0.25, 0.3) is 0 Å². The third-order valence-electron chi connectivity index (χ3n) is 4.50. The van der Waals surface area contributed by atoms with Gasteiger partial charge < -0.3 is 20.3 Å². The molecule has 7 heteroatoms. The van der Waals surface area contributed by atoms with E-state index in [0.29, 0.717) is 6.42 Å². The quantitative estimate of drug-likeness (QED) is 0.873. The number of nitrogens with zero attached hydrogens (tertiary/aromatic N) is 2. The molecular weight excluding hydrogens is 316 g/mol. The molecule has 0 unspecified atom stereocenters. The number of methoxy groups -OCH3 is 1. The first-order valence-electron chi connectivity index (χ1n) is 7.97. The van der Waals surface area contributed by atoms with E-state index in [0.717, 1.165) is 36.8 Å². The van der Waals surface area contributed by atoms with Crippen LogP contribution >= 0.6 is 12.4 Å². The molecule has 6 nitrogen and oxygen atoms in total. The Morgan fingerprint density at radius 3 is 2.74 bits per heavy atom.